The summed E-state index contributed by atoms with van der Waals surface area (Å²) < 4.78 is 32.6. The van der Waals surface area contributed by atoms with E-state index in [1.54, 1.807) is 0 Å². The van der Waals surface area contributed by atoms with E-state index < -0.39 is 51.1 Å². The van der Waals surface area contributed by atoms with E-state index in [4.69, 9.17) is 24.8 Å². The summed E-state index contributed by atoms with van der Waals surface area (Å²) >= 11 is 0. The van der Waals surface area contributed by atoms with Crippen molar-refractivity contribution >= 4 is 25.7 Å². The van der Waals surface area contributed by atoms with Gasteiger partial charge >= 0.3 is 25.7 Å². The highest BCUT2D eigenvalue weighted by Gasteiger charge is 2.28. The average Bonchev–Trinajstić information content (AvgIpc) is 3.12. The topological polar surface area (TPSA) is 172 Å². The van der Waals surface area contributed by atoms with E-state index in [-0.39, 0.29) is 19.4 Å². The van der Waals surface area contributed by atoms with Crippen LogP contribution in [0.2, 0.25) is 0 Å². The van der Waals surface area contributed by atoms with Gasteiger partial charge in [0.25, 0.3) is 0 Å². The van der Waals surface area contributed by atoms with Crippen molar-refractivity contribution in [1.82, 2.24) is 0 Å². The van der Waals surface area contributed by atoms with Gasteiger partial charge in [-0.15, -0.1) is 0 Å². The van der Waals surface area contributed by atoms with Gasteiger partial charge in [-0.05, 0) is 38.5 Å². The Hall–Kier alpha value is -1.78. The number of phosphoric acid groups is 1. The van der Waals surface area contributed by atoms with Crippen LogP contribution < -0.4 is 5.73 Å². The number of carbonyl (C=O) groups is 3. The first-order valence-corrected chi connectivity index (χ1v) is 22.2. The number of hydrogen-bond donors (Lipinski definition) is 3. The first-order chi connectivity index (χ1) is 25.1. The normalized spacial score (nSPS) is 13.9. The van der Waals surface area contributed by atoms with E-state index in [0.717, 1.165) is 44.9 Å². The highest BCUT2D eigenvalue weighted by atomic mass is 31.2. The third kappa shape index (κ3) is 35.3. The molecule has 306 valence electrons. The Morgan fingerprint density at radius 1 is 0.577 bits per heavy atom. The molecule has 12 heteroatoms. The first-order valence-electron chi connectivity index (χ1n) is 20.7. The van der Waals surface area contributed by atoms with E-state index in [0.29, 0.717) is 12.8 Å². The Morgan fingerprint density at radius 3 is 1.40 bits per heavy atom. The fourth-order valence-electron chi connectivity index (χ4n) is 5.71. The van der Waals surface area contributed by atoms with Gasteiger partial charge in [-0.25, -0.2) is 4.57 Å². The fraction of sp³-hybridized carbons (Fsp3) is 0.875. The van der Waals surface area contributed by atoms with E-state index in [1.807, 2.05) is 0 Å². The maximum absolute atomic E-state index is 12.6. The molecule has 0 fully saturated rings. The highest BCUT2D eigenvalue weighted by molar-refractivity contribution is 7.47. The summed E-state index contributed by atoms with van der Waals surface area (Å²) in [7, 11) is -4.71. The molecular formula is C40H76NO10P. The van der Waals surface area contributed by atoms with Crippen molar-refractivity contribution < 1.29 is 47.5 Å². The number of carbonyl (C=O) groups excluding carboxylic acids is 2. The van der Waals surface area contributed by atoms with Crippen molar-refractivity contribution in [3.63, 3.8) is 0 Å². The van der Waals surface area contributed by atoms with Gasteiger partial charge in [-0.2, -0.15) is 0 Å². The number of allylic oxidation sites excluding steroid dienone is 2. The number of aliphatic carboxylic acids is 1. The highest BCUT2D eigenvalue weighted by Crippen LogP contribution is 2.43. The molecule has 3 atom stereocenters. The molecule has 3 unspecified atom stereocenters. The Labute approximate surface area is 316 Å². The van der Waals surface area contributed by atoms with Crippen molar-refractivity contribution in [3.05, 3.63) is 12.2 Å². The van der Waals surface area contributed by atoms with Crippen LogP contribution in [0.4, 0.5) is 0 Å². The number of esters is 2. The van der Waals surface area contributed by atoms with Crippen molar-refractivity contribution in [1.29, 1.82) is 0 Å². The lowest BCUT2D eigenvalue weighted by Gasteiger charge is -2.20. The summed E-state index contributed by atoms with van der Waals surface area (Å²) in [6.45, 7) is 2.78. The molecule has 0 radical (unpaired) electrons. The molecular weight excluding hydrogens is 685 g/mol. The van der Waals surface area contributed by atoms with Crippen LogP contribution in [0.3, 0.4) is 0 Å². The molecule has 0 aliphatic rings. The summed E-state index contributed by atoms with van der Waals surface area (Å²) in [4.78, 5) is 45.8. The lowest BCUT2D eigenvalue weighted by atomic mass is 10.1. The molecule has 0 heterocycles. The summed E-state index contributed by atoms with van der Waals surface area (Å²) in [6, 6.07) is -1.52. The number of carboxylic acids is 1. The van der Waals surface area contributed by atoms with Crippen molar-refractivity contribution in [2.75, 3.05) is 19.8 Å². The molecule has 0 amide bonds. The quantitative estimate of drug-likeness (QED) is 0.0235. The fourth-order valence-corrected chi connectivity index (χ4v) is 6.48. The third-order valence-corrected chi connectivity index (χ3v) is 9.96. The lowest BCUT2D eigenvalue weighted by Crippen LogP contribution is -2.34. The molecule has 0 saturated carbocycles. The van der Waals surface area contributed by atoms with Crippen LogP contribution in [0.15, 0.2) is 12.2 Å². The third-order valence-electron chi connectivity index (χ3n) is 9.01. The maximum Gasteiger partial charge on any atom is 0.472 e. The Bertz CT molecular complexity index is 947. The van der Waals surface area contributed by atoms with Gasteiger partial charge in [0, 0.05) is 12.8 Å². The Balaban J connectivity index is 4.34. The van der Waals surface area contributed by atoms with Gasteiger partial charge in [0.15, 0.2) is 6.10 Å². The summed E-state index contributed by atoms with van der Waals surface area (Å²) in [5.41, 5.74) is 5.32. The van der Waals surface area contributed by atoms with Crippen LogP contribution in [0.1, 0.15) is 194 Å². The van der Waals surface area contributed by atoms with Gasteiger partial charge in [-0.3, -0.25) is 23.4 Å². The minimum Gasteiger partial charge on any atom is -0.480 e. The van der Waals surface area contributed by atoms with Crippen LogP contribution in [-0.4, -0.2) is 59.9 Å². The number of ether oxygens (including phenoxy) is 2. The largest absolute Gasteiger partial charge is 0.480 e. The summed E-state index contributed by atoms with van der Waals surface area (Å²) in [5, 5.41) is 8.86. The summed E-state index contributed by atoms with van der Waals surface area (Å²) in [6.07, 6.45) is 34.2. The molecule has 0 bridgehead atoms. The molecule has 0 aromatic rings. The van der Waals surface area contributed by atoms with Gasteiger partial charge in [0.1, 0.15) is 12.6 Å². The monoisotopic (exact) mass is 762 g/mol. The molecule has 0 rings (SSSR count). The number of phosphoric ester groups is 1. The number of nitrogens with two attached hydrogens (primary N) is 1. The summed E-state index contributed by atoms with van der Waals surface area (Å²) in [5.74, 6) is -2.38. The van der Waals surface area contributed by atoms with Crippen LogP contribution in [0.5, 0.6) is 0 Å². The Morgan fingerprint density at radius 2 is 0.962 bits per heavy atom. The first kappa shape index (κ1) is 50.2. The van der Waals surface area contributed by atoms with E-state index in [2.05, 4.69) is 30.5 Å². The standard InChI is InChI=1S/C40H76NO10P/c1-3-5-7-9-11-13-15-16-17-18-19-20-21-22-24-26-28-30-32-39(43)51-36(34-49-52(46,47)50-35-37(41)40(44)45)33-48-38(42)31-29-27-25-23-14-12-10-8-6-4-2/h17-18,36-37H,3-16,19-35,41H2,1-2H3,(H,44,45)(H,46,47)/b18-17-. The molecule has 0 spiro atoms. The zero-order valence-corrected chi connectivity index (χ0v) is 33.8. The predicted molar refractivity (Wildman–Crippen MR) is 208 cm³/mol. The van der Waals surface area contributed by atoms with Crippen LogP contribution in [-0.2, 0) is 37.5 Å². The van der Waals surface area contributed by atoms with E-state index >= 15 is 0 Å². The maximum atomic E-state index is 12.6. The number of unbranched alkanes of at least 4 members (excludes halogenated alkanes) is 23. The van der Waals surface area contributed by atoms with E-state index in [1.165, 1.54) is 109 Å². The second-order valence-electron chi connectivity index (χ2n) is 14.1. The van der Waals surface area contributed by atoms with E-state index in [9.17, 15) is 23.8 Å². The van der Waals surface area contributed by atoms with Crippen molar-refractivity contribution in [2.24, 2.45) is 5.73 Å². The molecule has 0 aliphatic heterocycles. The Kier molecular flexibility index (Phi) is 35.0. The van der Waals surface area contributed by atoms with Crippen molar-refractivity contribution in [2.45, 2.75) is 206 Å². The minimum absolute atomic E-state index is 0.160. The number of rotatable bonds is 39. The van der Waals surface area contributed by atoms with Crippen molar-refractivity contribution in [3.8, 4) is 0 Å². The van der Waals surface area contributed by atoms with Gasteiger partial charge in [-0.1, -0.05) is 154 Å². The lowest BCUT2D eigenvalue weighted by molar-refractivity contribution is -0.161. The second kappa shape index (κ2) is 36.2. The smallest absolute Gasteiger partial charge is 0.472 e. The molecule has 0 aromatic heterocycles. The van der Waals surface area contributed by atoms with Crippen LogP contribution in [0.25, 0.3) is 0 Å². The zero-order chi connectivity index (χ0) is 38.5. The zero-order valence-electron chi connectivity index (χ0n) is 32.9. The molecule has 11 nitrogen and oxygen atoms in total. The van der Waals surface area contributed by atoms with Gasteiger partial charge in [0.2, 0.25) is 0 Å². The molecule has 0 saturated heterocycles. The SMILES string of the molecule is CCCCCCCCC/C=C\CCCCCCCCCC(=O)OC(COC(=O)CCCCCCCCCCCC)COP(=O)(O)OCC(N)C(=O)O. The minimum atomic E-state index is -4.71. The van der Waals surface area contributed by atoms with Gasteiger partial charge in [0.05, 0.1) is 13.2 Å². The predicted octanol–water partition coefficient (Wildman–Crippen LogP) is 10.5. The average molecular weight is 762 g/mol. The molecule has 0 aliphatic carbocycles. The molecule has 0 aromatic carbocycles. The van der Waals surface area contributed by atoms with Gasteiger partial charge < -0.3 is 25.2 Å². The molecule has 52 heavy (non-hydrogen) atoms. The number of carboxylic acid groups (broad SMARTS) is 1. The van der Waals surface area contributed by atoms with Crippen LogP contribution >= 0.6 is 7.82 Å². The number of hydrogen-bond acceptors (Lipinski definition) is 9. The van der Waals surface area contributed by atoms with Crippen LogP contribution in [0, 0.1) is 0 Å². The molecule has 4 N–H and O–H groups in total. The second-order valence-corrected chi connectivity index (χ2v) is 15.6.